The fraction of sp³-hybridized carbons (Fsp3) is 0.750. The molecule has 2 N–H and O–H groups in total. The third-order valence-corrected chi connectivity index (χ3v) is 4.23. The SMILES string of the molecule is CC(C)c1nc(N2CCCCC2)sc1CN. The van der Waals surface area contributed by atoms with Crippen molar-refractivity contribution in [3.05, 3.63) is 10.6 Å². The molecule has 3 nitrogen and oxygen atoms in total. The zero-order valence-corrected chi connectivity index (χ0v) is 11.0. The van der Waals surface area contributed by atoms with E-state index < -0.39 is 0 Å². The summed E-state index contributed by atoms with van der Waals surface area (Å²) < 4.78 is 0. The molecular weight excluding hydrogens is 218 g/mol. The molecule has 0 unspecified atom stereocenters. The summed E-state index contributed by atoms with van der Waals surface area (Å²) in [4.78, 5) is 8.44. The third kappa shape index (κ3) is 2.38. The minimum atomic E-state index is 0.480. The molecule has 2 heterocycles. The van der Waals surface area contributed by atoms with Crippen molar-refractivity contribution in [1.29, 1.82) is 0 Å². The smallest absolute Gasteiger partial charge is 0.185 e. The number of anilines is 1. The fourth-order valence-electron chi connectivity index (χ4n) is 2.17. The molecule has 1 saturated heterocycles. The van der Waals surface area contributed by atoms with Gasteiger partial charge in [-0.1, -0.05) is 13.8 Å². The number of piperidine rings is 1. The second kappa shape index (κ2) is 5.15. The van der Waals surface area contributed by atoms with Crippen LogP contribution in [0.2, 0.25) is 0 Å². The molecule has 0 aliphatic carbocycles. The lowest BCUT2D eigenvalue weighted by molar-refractivity contribution is 0.576. The molecule has 0 atom stereocenters. The lowest BCUT2D eigenvalue weighted by Gasteiger charge is -2.25. The van der Waals surface area contributed by atoms with E-state index in [4.69, 9.17) is 10.7 Å². The Hall–Kier alpha value is -0.610. The Morgan fingerprint density at radius 2 is 2.00 bits per heavy atom. The molecule has 2 rings (SSSR count). The Kier molecular flexibility index (Phi) is 3.82. The van der Waals surface area contributed by atoms with E-state index in [-0.39, 0.29) is 0 Å². The molecule has 1 aromatic heterocycles. The predicted molar refractivity (Wildman–Crippen MR) is 70.2 cm³/mol. The van der Waals surface area contributed by atoms with Gasteiger partial charge in [0.1, 0.15) is 0 Å². The van der Waals surface area contributed by atoms with E-state index in [1.165, 1.54) is 35.0 Å². The molecule has 0 bridgehead atoms. The number of hydrogen-bond acceptors (Lipinski definition) is 4. The van der Waals surface area contributed by atoms with Crippen LogP contribution in [-0.2, 0) is 6.54 Å². The van der Waals surface area contributed by atoms with Crippen molar-refractivity contribution in [1.82, 2.24) is 4.98 Å². The molecule has 0 amide bonds. The molecule has 1 fully saturated rings. The first-order valence-electron chi connectivity index (χ1n) is 6.17. The number of hydrogen-bond donors (Lipinski definition) is 1. The van der Waals surface area contributed by atoms with E-state index in [0.29, 0.717) is 12.5 Å². The Bertz CT molecular complexity index is 340. The van der Waals surface area contributed by atoms with Crippen LogP contribution < -0.4 is 10.6 Å². The monoisotopic (exact) mass is 239 g/mol. The van der Waals surface area contributed by atoms with Crippen LogP contribution in [0.5, 0.6) is 0 Å². The first-order chi connectivity index (χ1) is 7.72. The van der Waals surface area contributed by atoms with Gasteiger partial charge in [-0.05, 0) is 25.2 Å². The number of nitrogens with two attached hydrogens (primary N) is 1. The van der Waals surface area contributed by atoms with Crippen molar-refractivity contribution in [2.45, 2.75) is 45.6 Å². The normalized spacial score (nSPS) is 17.1. The maximum Gasteiger partial charge on any atom is 0.185 e. The van der Waals surface area contributed by atoms with E-state index in [9.17, 15) is 0 Å². The van der Waals surface area contributed by atoms with Crippen molar-refractivity contribution in [2.75, 3.05) is 18.0 Å². The molecule has 0 aromatic carbocycles. The highest BCUT2D eigenvalue weighted by Gasteiger charge is 2.18. The molecule has 4 heteroatoms. The van der Waals surface area contributed by atoms with E-state index in [1.54, 1.807) is 11.3 Å². The average Bonchev–Trinajstić information content (AvgIpc) is 2.74. The van der Waals surface area contributed by atoms with Gasteiger partial charge >= 0.3 is 0 Å². The molecule has 0 saturated carbocycles. The second-order valence-electron chi connectivity index (χ2n) is 4.71. The topological polar surface area (TPSA) is 42.2 Å². The minimum absolute atomic E-state index is 0.480. The van der Waals surface area contributed by atoms with Gasteiger partial charge in [0.05, 0.1) is 5.69 Å². The van der Waals surface area contributed by atoms with Crippen LogP contribution >= 0.6 is 11.3 Å². The lowest BCUT2D eigenvalue weighted by atomic mass is 10.1. The van der Waals surface area contributed by atoms with Gasteiger partial charge in [0.25, 0.3) is 0 Å². The van der Waals surface area contributed by atoms with Gasteiger partial charge in [-0.3, -0.25) is 0 Å². The largest absolute Gasteiger partial charge is 0.348 e. The summed E-state index contributed by atoms with van der Waals surface area (Å²) in [5.41, 5.74) is 6.99. The highest BCUT2D eigenvalue weighted by atomic mass is 32.1. The average molecular weight is 239 g/mol. The van der Waals surface area contributed by atoms with Crippen molar-refractivity contribution in [3.63, 3.8) is 0 Å². The van der Waals surface area contributed by atoms with Crippen LogP contribution in [0.4, 0.5) is 5.13 Å². The van der Waals surface area contributed by atoms with Gasteiger partial charge in [0, 0.05) is 24.5 Å². The Balaban J connectivity index is 2.20. The van der Waals surface area contributed by atoms with E-state index in [1.807, 2.05) is 0 Å². The number of nitrogens with zero attached hydrogens (tertiary/aromatic N) is 2. The summed E-state index contributed by atoms with van der Waals surface area (Å²) in [7, 11) is 0. The second-order valence-corrected chi connectivity index (χ2v) is 5.77. The molecule has 90 valence electrons. The zero-order valence-electron chi connectivity index (χ0n) is 10.2. The van der Waals surface area contributed by atoms with E-state index in [2.05, 4.69) is 18.7 Å². The zero-order chi connectivity index (χ0) is 11.5. The molecule has 0 spiro atoms. The highest BCUT2D eigenvalue weighted by Crippen LogP contribution is 2.31. The van der Waals surface area contributed by atoms with Crippen LogP contribution in [0.25, 0.3) is 0 Å². The standard InChI is InChI=1S/C12H21N3S/c1-9(2)11-10(8-13)16-12(14-11)15-6-4-3-5-7-15/h9H,3-8,13H2,1-2H3. The van der Waals surface area contributed by atoms with Crippen LogP contribution in [0.3, 0.4) is 0 Å². The van der Waals surface area contributed by atoms with Crippen LogP contribution in [0.15, 0.2) is 0 Å². The highest BCUT2D eigenvalue weighted by molar-refractivity contribution is 7.15. The first kappa shape index (κ1) is 11.9. The van der Waals surface area contributed by atoms with Gasteiger partial charge in [0.15, 0.2) is 5.13 Å². The van der Waals surface area contributed by atoms with Gasteiger partial charge in [-0.2, -0.15) is 0 Å². The molecule has 1 aliphatic heterocycles. The predicted octanol–water partition coefficient (Wildman–Crippen LogP) is 2.72. The van der Waals surface area contributed by atoms with Gasteiger partial charge in [-0.25, -0.2) is 4.98 Å². The summed E-state index contributed by atoms with van der Waals surface area (Å²) in [5.74, 6) is 0.480. The van der Waals surface area contributed by atoms with Gasteiger partial charge in [0.2, 0.25) is 0 Å². The summed E-state index contributed by atoms with van der Waals surface area (Å²) in [6.07, 6.45) is 3.96. The van der Waals surface area contributed by atoms with Gasteiger partial charge in [-0.15, -0.1) is 11.3 Å². The quantitative estimate of drug-likeness (QED) is 0.882. The van der Waals surface area contributed by atoms with Crippen LogP contribution in [0.1, 0.15) is 49.6 Å². The first-order valence-corrected chi connectivity index (χ1v) is 6.98. The van der Waals surface area contributed by atoms with E-state index >= 15 is 0 Å². The van der Waals surface area contributed by atoms with Crippen molar-refractivity contribution in [2.24, 2.45) is 5.73 Å². The number of rotatable bonds is 3. The molecule has 0 radical (unpaired) electrons. The third-order valence-electron chi connectivity index (χ3n) is 3.08. The lowest BCUT2D eigenvalue weighted by Crippen LogP contribution is -2.29. The Labute approximate surface area is 102 Å². The molecule has 1 aromatic rings. The van der Waals surface area contributed by atoms with E-state index in [0.717, 1.165) is 13.1 Å². The summed E-state index contributed by atoms with van der Waals surface area (Å²) in [6.45, 7) is 7.32. The Morgan fingerprint density at radius 3 is 2.50 bits per heavy atom. The number of aromatic nitrogens is 1. The molecular formula is C12H21N3S. The summed E-state index contributed by atoms with van der Waals surface area (Å²) >= 11 is 1.78. The van der Waals surface area contributed by atoms with Crippen molar-refractivity contribution in [3.8, 4) is 0 Å². The minimum Gasteiger partial charge on any atom is -0.348 e. The fourth-order valence-corrected chi connectivity index (χ4v) is 3.31. The van der Waals surface area contributed by atoms with Gasteiger partial charge < -0.3 is 10.6 Å². The van der Waals surface area contributed by atoms with Crippen molar-refractivity contribution < 1.29 is 0 Å². The Morgan fingerprint density at radius 1 is 1.31 bits per heavy atom. The summed E-state index contributed by atoms with van der Waals surface area (Å²) in [6, 6.07) is 0. The molecule has 16 heavy (non-hydrogen) atoms. The van der Waals surface area contributed by atoms with Crippen molar-refractivity contribution >= 4 is 16.5 Å². The van der Waals surface area contributed by atoms with Crippen LogP contribution in [0, 0.1) is 0 Å². The summed E-state index contributed by atoms with van der Waals surface area (Å²) in [5, 5.41) is 1.18. The number of thiazole rings is 1. The molecule has 1 aliphatic rings. The maximum absolute atomic E-state index is 5.78. The van der Waals surface area contributed by atoms with Crippen LogP contribution in [-0.4, -0.2) is 18.1 Å². The maximum atomic E-state index is 5.78.